The topological polar surface area (TPSA) is 47.3 Å². The monoisotopic (exact) mass is 298 g/mol. The fourth-order valence-corrected chi connectivity index (χ4v) is 1.81. The van der Waals surface area contributed by atoms with E-state index in [0.717, 1.165) is 12.1 Å². The van der Waals surface area contributed by atoms with Crippen LogP contribution in [0.25, 0.3) is 0 Å². The van der Waals surface area contributed by atoms with E-state index in [4.69, 9.17) is 22.2 Å². The van der Waals surface area contributed by atoms with Gasteiger partial charge in [-0.1, -0.05) is 17.7 Å². The second kappa shape index (κ2) is 6.65. The smallest absolute Gasteiger partial charge is 0.159 e. The minimum Gasteiger partial charge on any atom is -0.492 e. The zero-order chi connectivity index (χ0) is 14.5. The van der Waals surface area contributed by atoms with Crippen molar-refractivity contribution in [1.82, 2.24) is 5.43 Å². The van der Waals surface area contributed by atoms with Crippen molar-refractivity contribution in [2.45, 2.75) is 6.04 Å². The number of rotatable bonds is 5. The molecule has 0 bridgehead atoms. The SMILES string of the molecule is NNC(COc1ccc(Cl)cc1)c1ccc(F)c(F)c1. The second-order valence-electron chi connectivity index (χ2n) is 4.16. The van der Waals surface area contributed by atoms with Gasteiger partial charge in [0.25, 0.3) is 0 Å². The van der Waals surface area contributed by atoms with Gasteiger partial charge in [0, 0.05) is 5.02 Å². The molecule has 2 aromatic carbocycles. The Kier molecular flexibility index (Phi) is 4.89. The Morgan fingerprint density at radius 3 is 2.40 bits per heavy atom. The third kappa shape index (κ3) is 3.66. The lowest BCUT2D eigenvalue weighted by molar-refractivity contribution is 0.267. The molecule has 1 atom stereocenters. The minimum atomic E-state index is -0.922. The number of hydrogen-bond donors (Lipinski definition) is 2. The Hall–Kier alpha value is -1.69. The molecule has 3 N–H and O–H groups in total. The van der Waals surface area contributed by atoms with Crippen LogP contribution >= 0.6 is 11.6 Å². The lowest BCUT2D eigenvalue weighted by Gasteiger charge is -2.17. The van der Waals surface area contributed by atoms with Crippen molar-refractivity contribution in [3.63, 3.8) is 0 Å². The summed E-state index contributed by atoms with van der Waals surface area (Å²) < 4.78 is 31.6. The molecule has 106 valence electrons. The number of nitrogens with one attached hydrogen (secondary N) is 1. The lowest BCUT2D eigenvalue weighted by atomic mass is 10.1. The predicted octanol–water partition coefficient (Wildman–Crippen LogP) is 3.20. The first kappa shape index (κ1) is 14.7. The highest BCUT2D eigenvalue weighted by Gasteiger charge is 2.13. The van der Waals surface area contributed by atoms with Crippen LogP contribution in [-0.2, 0) is 0 Å². The number of benzene rings is 2. The van der Waals surface area contributed by atoms with Gasteiger partial charge in [-0.3, -0.25) is 5.84 Å². The van der Waals surface area contributed by atoms with Crippen LogP contribution < -0.4 is 16.0 Å². The molecule has 20 heavy (non-hydrogen) atoms. The van der Waals surface area contributed by atoms with E-state index in [1.807, 2.05) is 0 Å². The quantitative estimate of drug-likeness (QED) is 0.658. The van der Waals surface area contributed by atoms with Crippen molar-refractivity contribution in [3.8, 4) is 5.75 Å². The molecule has 0 fully saturated rings. The van der Waals surface area contributed by atoms with Crippen LogP contribution in [0.4, 0.5) is 8.78 Å². The molecule has 0 saturated heterocycles. The molecule has 6 heteroatoms. The summed E-state index contributed by atoms with van der Waals surface area (Å²) in [6.45, 7) is 0.170. The fraction of sp³-hybridized carbons (Fsp3) is 0.143. The van der Waals surface area contributed by atoms with E-state index in [1.54, 1.807) is 24.3 Å². The standard InChI is InChI=1S/C14H13ClF2N2O/c15-10-2-4-11(5-3-10)20-8-14(19-18)9-1-6-12(16)13(17)7-9/h1-7,14,19H,8,18H2. The summed E-state index contributed by atoms with van der Waals surface area (Å²) in [5.74, 6) is 4.20. The van der Waals surface area contributed by atoms with Gasteiger partial charge in [0.15, 0.2) is 11.6 Å². The van der Waals surface area contributed by atoms with E-state index < -0.39 is 17.7 Å². The Morgan fingerprint density at radius 1 is 1.10 bits per heavy atom. The van der Waals surface area contributed by atoms with Gasteiger partial charge in [-0.05, 0) is 42.0 Å². The van der Waals surface area contributed by atoms with E-state index >= 15 is 0 Å². The molecule has 1 unspecified atom stereocenters. The third-order valence-corrected chi connectivity index (χ3v) is 3.03. The molecular weight excluding hydrogens is 286 g/mol. The first-order valence-electron chi connectivity index (χ1n) is 5.89. The van der Waals surface area contributed by atoms with E-state index in [0.29, 0.717) is 16.3 Å². The van der Waals surface area contributed by atoms with Gasteiger partial charge in [-0.25, -0.2) is 14.2 Å². The number of ether oxygens (including phenoxy) is 1. The van der Waals surface area contributed by atoms with Crippen molar-refractivity contribution in [3.05, 3.63) is 64.7 Å². The van der Waals surface area contributed by atoms with Crippen LogP contribution in [-0.4, -0.2) is 6.61 Å². The van der Waals surface area contributed by atoms with Crippen molar-refractivity contribution in [2.24, 2.45) is 5.84 Å². The molecular formula is C14H13ClF2N2O. The molecule has 0 aliphatic rings. The second-order valence-corrected chi connectivity index (χ2v) is 4.59. The van der Waals surface area contributed by atoms with Gasteiger partial charge in [-0.15, -0.1) is 0 Å². The maximum atomic E-state index is 13.2. The average Bonchev–Trinajstić information content (AvgIpc) is 2.45. The summed E-state index contributed by atoms with van der Waals surface area (Å²) >= 11 is 5.76. The molecule has 3 nitrogen and oxygen atoms in total. The maximum Gasteiger partial charge on any atom is 0.159 e. The van der Waals surface area contributed by atoms with Crippen molar-refractivity contribution < 1.29 is 13.5 Å². The Bertz CT molecular complexity index is 578. The zero-order valence-corrected chi connectivity index (χ0v) is 11.2. The molecule has 0 aliphatic heterocycles. The van der Waals surface area contributed by atoms with E-state index in [1.165, 1.54) is 6.07 Å². The lowest BCUT2D eigenvalue weighted by Crippen LogP contribution is -2.32. The summed E-state index contributed by atoms with van der Waals surface area (Å²) in [6, 6.07) is 9.94. The number of hydrogen-bond acceptors (Lipinski definition) is 3. The summed E-state index contributed by atoms with van der Waals surface area (Å²) in [5, 5.41) is 0.603. The third-order valence-electron chi connectivity index (χ3n) is 2.78. The predicted molar refractivity (Wildman–Crippen MR) is 73.4 cm³/mol. The largest absolute Gasteiger partial charge is 0.492 e. The summed E-state index contributed by atoms with van der Waals surface area (Å²) in [7, 11) is 0. The molecule has 2 rings (SSSR count). The maximum absolute atomic E-state index is 13.2. The molecule has 0 saturated carbocycles. The Balaban J connectivity index is 2.05. The van der Waals surface area contributed by atoms with Crippen LogP contribution in [0.3, 0.4) is 0 Å². The summed E-state index contributed by atoms with van der Waals surface area (Å²) in [6.07, 6.45) is 0. The van der Waals surface area contributed by atoms with E-state index in [2.05, 4.69) is 5.43 Å². The van der Waals surface area contributed by atoms with E-state index in [-0.39, 0.29) is 6.61 Å². The molecule has 0 heterocycles. The van der Waals surface area contributed by atoms with Gasteiger partial charge in [0.1, 0.15) is 12.4 Å². The van der Waals surface area contributed by atoms with Crippen molar-refractivity contribution in [1.29, 1.82) is 0 Å². The Morgan fingerprint density at radius 2 is 1.80 bits per heavy atom. The summed E-state index contributed by atoms with van der Waals surface area (Å²) in [4.78, 5) is 0. The number of hydrazine groups is 1. The number of halogens is 3. The molecule has 0 aromatic heterocycles. The first-order chi connectivity index (χ1) is 9.60. The van der Waals surface area contributed by atoms with Gasteiger partial charge >= 0.3 is 0 Å². The molecule has 0 spiro atoms. The highest BCUT2D eigenvalue weighted by atomic mass is 35.5. The Labute approximate surface area is 120 Å². The first-order valence-corrected chi connectivity index (χ1v) is 6.27. The van der Waals surface area contributed by atoms with Crippen molar-refractivity contribution >= 4 is 11.6 Å². The van der Waals surface area contributed by atoms with Crippen LogP contribution in [0.2, 0.25) is 5.02 Å². The van der Waals surface area contributed by atoms with Crippen LogP contribution in [0.15, 0.2) is 42.5 Å². The molecule has 0 amide bonds. The summed E-state index contributed by atoms with van der Waals surface area (Å²) in [5.41, 5.74) is 3.01. The van der Waals surface area contributed by atoms with Gasteiger partial charge in [0.2, 0.25) is 0 Å². The highest BCUT2D eigenvalue weighted by molar-refractivity contribution is 6.30. The normalized spacial score (nSPS) is 12.2. The van der Waals surface area contributed by atoms with Crippen molar-refractivity contribution in [2.75, 3.05) is 6.61 Å². The van der Waals surface area contributed by atoms with Gasteiger partial charge in [-0.2, -0.15) is 0 Å². The van der Waals surface area contributed by atoms with Gasteiger partial charge in [0.05, 0.1) is 6.04 Å². The van der Waals surface area contributed by atoms with Crippen LogP contribution in [0.1, 0.15) is 11.6 Å². The molecule has 0 radical (unpaired) electrons. The molecule has 0 aliphatic carbocycles. The fourth-order valence-electron chi connectivity index (χ4n) is 1.68. The average molecular weight is 299 g/mol. The number of nitrogens with two attached hydrogens (primary N) is 1. The van der Waals surface area contributed by atoms with Crippen LogP contribution in [0.5, 0.6) is 5.75 Å². The van der Waals surface area contributed by atoms with Gasteiger partial charge < -0.3 is 4.74 Å². The zero-order valence-electron chi connectivity index (χ0n) is 10.4. The van der Waals surface area contributed by atoms with Crippen LogP contribution in [0, 0.1) is 11.6 Å². The molecule has 2 aromatic rings. The highest BCUT2D eigenvalue weighted by Crippen LogP contribution is 2.19. The van der Waals surface area contributed by atoms with E-state index in [9.17, 15) is 8.78 Å². The minimum absolute atomic E-state index is 0.170.